The Morgan fingerprint density at radius 1 is 0.327 bits per heavy atom. The van der Waals surface area contributed by atoms with Crippen molar-refractivity contribution in [2.45, 2.75) is 6.92 Å². The monoisotopic (exact) mass is 704 g/mol. The van der Waals surface area contributed by atoms with Gasteiger partial charge in [0.15, 0.2) is 0 Å². The Labute approximate surface area is 323 Å². The van der Waals surface area contributed by atoms with Crippen LogP contribution in [0.5, 0.6) is 0 Å². The summed E-state index contributed by atoms with van der Waals surface area (Å²) in [6, 6.07) is 76.0. The predicted octanol–water partition coefficient (Wildman–Crippen LogP) is 15.1. The van der Waals surface area contributed by atoms with Crippen molar-refractivity contribution in [1.29, 1.82) is 0 Å². The lowest BCUT2D eigenvalue weighted by Gasteiger charge is -2.29. The smallest absolute Gasteiger partial charge is 0.0546 e. The highest BCUT2D eigenvalue weighted by atomic mass is 15.1. The van der Waals surface area contributed by atoms with E-state index in [4.69, 9.17) is 0 Å². The second-order valence-corrected chi connectivity index (χ2v) is 13.9. The van der Waals surface area contributed by atoms with Crippen molar-refractivity contribution in [2.75, 3.05) is 9.80 Å². The topological polar surface area (TPSA) is 6.48 Å². The van der Waals surface area contributed by atoms with Crippen molar-refractivity contribution >= 4 is 67.8 Å². The maximum atomic E-state index is 2.41. The van der Waals surface area contributed by atoms with Crippen LogP contribution >= 0.6 is 0 Å². The summed E-state index contributed by atoms with van der Waals surface area (Å²) in [5, 5.41) is 4.99. The third-order valence-corrected chi connectivity index (χ3v) is 10.4. The molecule has 2 nitrogen and oxygen atoms in total. The predicted molar refractivity (Wildman–Crippen MR) is 236 cm³/mol. The van der Waals surface area contributed by atoms with E-state index in [9.17, 15) is 0 Å². The maximum Gasteiger partial charge on any atom is 0.0546 e. The lowest BCUT2D eigenvalue weighted by molar-refractivity contribution is 1.26. The first kappa shape index (κ1) is 33.7. The van der Waals surface area contributed by atoms with Crippen LogP contribution < -0.4 is 9.80 Å². The fourth-order valence-electron chi connectivity index (χ4n) is 7.56. The third-order valence-electron chi connectivity index (χ3n) is 10.4. The molecule has 0 bridgehead atoms. The molecule has 0 fully saturated rings. The summed E-state index contributed by atoms with van der Waals surface area (Å²) < 4.78 is 0. The van der Waals surface area contributed by atoms with Crippen LogP contribution in [0.1, 0.15) is 16.7 Å². The quantitative estimate of drug-likeness (QED) is 0.109. The minimum absolute atomic E-state index is 1.12. The first-order valence-electron chi connectivity index (χ1n) is 18.8. The van der Waals surface area contributed by atoms with Gasteiger partial charge in [0.05, 0.1) is 5.69 Å². The highest BCUT2D eigenvalue weighted by Crippen LogP contribution is 2.43. The molecule has 0 N–H and O–H groups in total. The van der Waals surface area contributed by atoms with Gasteiger partial charge in [-0.15, -0.1) is 0 Å². The first-order chi connectivity index (χ1) is 27.2. The van der Waals surface area contributed by atoms with Gasteiger partial charge in [-0.1, -0.05) is 164 Å². The van der Waals surface area contributed by atoms with Crippen molar-refractivity contribution in [3.63, 3.8) is 0 Å². The van der Waals surface area contributed by atoms with E-state index in [-0.39, 0.29) is 0 Å². The molecule has 55 heavy (non-hydrogen) atoms. The van der Waals surface area contributed by atoms with E-state index in [0.29, 0.717) is 0 Å². The van der Waals surface area contributed by atoms with E-state index in [1.54, 1.807) is 0 Å². The van der Waals surface area contributed by atoms with Gasteiger partial charge < -0.3 is 9.80 Å². The number of hydrogen-bond acceptors (Lipinski definition) is 2. The zero-order chi connectivity index (χ0) is 37.0. The standard InChI is InChI=1S/C53H40N2/c1-39-14-8-13-23-52(39)55(53-38-44-15-9-10-20-49(44)50-21-11-12-22-51(50)53)48-36-32-43(33-37-48)42-30-26-40(27-31-42)24-25-41-28-34-47(35-29-41)54(45-16-4-2-5-17-45)46-18-6-3-7-19-46/h2-38H,1H3. The molecule has 0 heterocycles. The Bertz CT molecular complexity index is 2690. The van der Waals surface area contributed by atoms with Crippen LogP contribution in [-0.2, 0) is 0 Å². The number of hydrogen-bond donors (Lipinski definition) is 0. The second-order valence-electron chi connectivity index (χ2n) is 13.9. The molecule has 9 aromatic rings. The Kier molecular flexibility index (Phi) is 9.22. The van der Waals surface area contributed by atoms with Gasteiger partial charge in [-0.2, -0.15) is 0 Å². The average molecular weight is 705 g/mol. The molecule has 262 valence electrons. The van der Waals surface area contributed by atoms with Crippen LogP contribution in [0, 0.1) is 6.92 Å². The molecule has 0 radical (unpaired) electrons. The molecule has 2 heteroatoms. The fraction of sp³-hybridized carbons (Fsp3) is 0.0189. The number of fused-ring (bicyclic) bond motifs is 3. The van der Waals surface area contributed by atoms with E-state index in [2.05, 4.69) is 241 Å². The van der Waals surface area contributed by atoms with Crippen LogP contribution in [0.2, 0.25) is 0 Å². The van der Waals surface area contributed by atoms with Crippen LogP contribution in [0.25, 0.3) is 44.8 Å². The van der Waals surface area contributed by atoms with Crippen molar-refractivity contribution in [2.24, 2.45) is 0 Å². The zero-order valence-corrected chi connectivity index (χ0v) is 30.8. The van der Waals surface area contributed by atoms with Crippen LogP contribution in [0.15, 0.2) is 212 Å². The van der Waals surface area contributed by atoms with Crippen LogP contribution in [0.4, 0.5) is 34.1 Å². The molecule has 0 saturated heterocycles. The minimum atomic E-state index is 1.12. The van der Waals surface area contributed by atoms with E-state index >= 15 is 0 Å². The highest BCUT2D eigenvalue weighted by Gasteiger charge is 2.19. The fourth-order valence-corrected chi connectivity index (χ4v) is 7.56. The Morgan fingerprint density at radius 3 is 1.38 bits per heavy atom. The minimum Gasteiger partial charge on any atom is -0.311 e. The lowest BCUT2D eigenvalue weighted by Crippen LogP contribution is -2.12. The summed E-state index contributed by atoms with van der Waals surface area (Å²) in [7, 11) is 0. The lowest BCUT2D eigenvalue weighted by atomic mass is 9.98. The molecule has 0 saturated carbocycles. The normalized spacial score (nSPS) is 11.3. The van der Waals surface area contributed by atoms with Crippen molar-refractivity contribution in [3.8, 4) is 11.1 Å². The molecule has 0 unspecified atom stereocenters. The molecule has 9 rings (SSSR count). The summed E-state index contributed by atoms with van der Waals surface area (Å²) in [4.78, 5) is 4.69. The third kappa shape index (κ3) is 6.90. The van der Waals surface area contributed by atoms with Crippen LogP contribution in [0.3, 0.4) is 0 Å². The van der Waals surface area contributed by atoms with E-state index < -0.39 is 0 Å². The number of nitrogens with zero attached hydrogens (tertiary/aromatic N) is 2. The molecule has 0 spiro atoms. The highest BCUT2D eigenvalue weighted by molar-refractivity contribution is 6.14. The van der Waals surface area contributed by atoms with Gasteiger partial charge in [-0.05, 0) is 112 Å². The Hall–Kier alpha value is -7.16. The number of rotatable bonds is 9. The van der Waals surface area contributed by atoms with Crippen molar-refractivity contribution < 1.29 is 0 Å². The zero-order valence-electron chi connectivity index (χ0n) is 30.8. The molecule has 0 amide bonds. The number of anilines is 6. The Balaban J connectivity index is 0.972. The van der Waals surface area contributed by atoms with Crippen molar-refractivity contribution in [3.05, 3.63) is 229 Å². The molecular weight excluding hydrogens is 665 g/mol. The van der Waals surface area contributed by atoms with E-state index in [1.807, 2.05) is 0 Å². The van der Waals surface area contributed by atoms with Gasteiger partial charge in [0, 0.05) is 33.8 Å². The first-order valence-corrected chi connectivity index (χ1v) is 18.8. The molecule has 0 aliphatic carbocycles. The molecule has 0 atom stereocenters. The van der Waals surface area contributed by atoms with Gasteiger partial charge in [0.1, 0.15) is 0 Å². The van der Waals surface area contributed by atoms with E-state index in [1.165, 1.54) is 49.6 Å². The molecule has 9 aromatic carbocycles. The SMILES string of the molecule is Cc1ccccc1N(c1ccc(-c2ccc(C=Cc3ccc(N(c4ccccc4)c4ccccc4)cc3)cc2)cc1)c1cc2ccccc2c2ccccc12. The molecule has 0 aliphatic rings. The number of benzene rings is 9. The van der Waals surface area contributed by atoms with E-state index in [0.717, 1.165) is 33.9 Å². The Morgan fingerprint density at radius 2 is 0.764 bits per heavy atom. The second kappa shape index (κ2) is 15.1. The summed E-state index contributed by atoms with van der Waals surface area (Å²) in [5.74, 6) is 0. The summed E-state index contributed by atoms with van der Waals surface area (Å²) in [6.07, 6.45) is 4.36. The number of aryl methyl sites for hydroxylation is 1. The maximum absolute atomic E-state index is 2.41. The average Bonchev–Trinajstić information content (AvgIpc) is 3.25. The molecular formula is C53H40N2. The van der Waals surface area contributed by atoms with Crippen molar-refractivity contribution in [1.82, 2.24) is 0 Å². The summed E-state index contributed by atoms with van der Waals surface area (Å²) >= 11 is 0. The van der Waals surface area contributed by atoms with Gasteiger partial charge in [0.25, 0.3) is 0 Å². The molecule has 0 aliphatic heterocycles. The van der Waals surface area contributed by atoms with Gasteiger partial charge in [-0.25, -0.2) is 0 Å². The van der Waals surface area contributed by atoms with Gasteiger partial charge >= 0.3 is 0 Å². The van der Waals surface area contributed by atoms with Crippen LogP contribution in [-0.4, -0.2) is 0 Å². The number of para-hydroxylation sites is 3. The largest absolute Gasteiger partial charge is 0.311 e. The van der Waals surface area contributed by atoms with Gasteiger partial charge in [-0.3, -0.25) is 0 Å². The summed E-state index contributed by atoms with van der Waals surface area (Å²) in [5.41, 5.74) is 12.8. The molecule has 0 aromatic heterocycles. The summed E-state index contributed by atoms with van der Waals surface area (Å²) in [6.45, 7) is 2.19. The van der Waals surface area contributed by atoms with Gasteiger partial charge in [0.2, 0.25) is 0 Å².